The third kappa shape index (κ3) is 2.90. The van der Waals surface area contributed by atoms with E-state index >= 15 is 0 Å². The second-order valence-corrected chi connectivity index (χ2v) is 10.1. The molecule has 2 N–H and O–H groups in total. The zero-order valence-electron chi connectivity index (χ0n) is 16.4. The molecule has 2 aromatic rings. The molecule has 7 rings (SSSR count). The van der Waals surface area contributed by atoms with Crippen molar-refractivity contribution >= 4 is 39.5 Å². The van der Waals surface area contributed by atoms with Crippen molar-refractivity contribution in [2.75, 3.05) is 7.11 Å². The summed E-state index contributed by atoms with van der Waals surface area (Å²) in [5, 5.41) is 6.18. The van der Waals surface area contributed by atoms with Gasteiger partial charge in [-0.15, -0.1) is 11.3 Å². The van der Waals surface area contributed by atoms with Crippen LogP contribution in [-0.2, 0) is 9.53 Å². The molecule has 5 fully saturated rings. The third-order valence-corrected chi connectivity index (χ3v) is 7.95. The molecule has 4 bridgehead atoms. The molecule has 4 saturated carbocycles. The number of aliphatic imine (C=N–C) groups is 1. The summed E-state index contributed by atoms with van der Waals surface area (Å²) in [5.41, 5.74) is 4.22. The molecule has 1 aromatic carbocycles. The Morgan fingerprint density at radius 2 is 2.07 bits per heavy atom. The molecule has 1 saturated heterocycles. The molecule has 1 amide bonds. The van der Waals surface area contributed by atoms with Gasteiger partial charge in [0.1, 0.15) is 5.70 Å². The molecule has 4 aliphatic carbocycles. The highest BCUT2D eigenvalue weighted by Gasteiger charge is 2.58. The van der Waals surface area contributed by atoms with Crippen molar-refractivity contribution in [3.8, 4) is 0 Å². The molecule has 6 nitrogen and oxygen atoms in total. The average Bonchev–Trinajstić information content (AvgIpc) is 3.26. The van der Waals surface area contributed by atoms with E-state index in [1.807, 2.05) is 30.8 Å². The predicted molar refractivity (Wildman–Crippen MR) is 113 cm³/mol. The van der Waals surface area contributed by atoms with Crippen LogP contribution in [0.3, 0.4) is 0 Å². The lowest BCUT2D eigenvalue weighted by Gasteiger charge is -2.59. The summed E-state index contributed by atoms with van der Waals surface area (Å²) >= 11 is 1.60. The predicted octanol–water partition coefficient (Wildman–Crippen LogP) is 3.45. The Balaban J connectivity index is 1.28. The summed E-state index contributed by atoms with van der Waals surface area (Å²) in [6.45, 7) is 0. The number of guanidine groups is 1. The fourth-order valence-corrected chi connectivity index (χ4v) is 7.14. The molecule has 1 aromatic heterocycles. The van der Waals surface area contributed by atoms with E-state index in [2.05, 4.69) is 21.7 Å². The summed E-state index contributed by atoms with van der Waals surface area (Å²) in [6.07, 6.45) is 8.70. The number of ether oxygens (including phenoxy) is 1. The maximum Gasteiger partial charge on any atom is 0.274 e. The molecule has 2 unspecified atom stereocenters. The number of amides is 1. The van der Waals surface area contributed by atoms with Crippen LogP contribution in [0.2, 0.25) is 0 Å². The molecular weight excluding hydrogens is 384 g/mol. The number of hydrogen-bond donors (Lipinski definition) is 2. The summed E-state index contributed by atoms with van der Waals surface area (Å²) < 4.78 is 7.11. The molecule has 1 aliphatic heterocycles. The number of methoxy groups -OCH3 is 1. The smallest absolute Gasteiger partial charge is 0.274 e. The van der Waals surface area contributed by atoms with E-state index in [1.54, 1.807) is 11.3 Å². The topological polar surface area (TPSA) is 75.6 Å². The van der Waals surface area contributed by atoms with Crippen molar-refractivity contribution in [1.82, 2.24) is 15.6 Å². The highest BCUT2D eigenvalue weighted by molar-refractivity contribution is 7.16. The van der Waals surface area contributed by atoms with Gasteiger partial charge in [-0.05, 0) is 67.7 Å². The first-order valence-electron chi connectivity index (χ1n) is 10.3. The first-order valence-corrected chi connectivity index (χ1v) is 11.2. The van der Waals surface area contributed by atoms with Gasteiger partial charge < -0.3 is 10.1 Å². The summed E-state index contributed by atoms with van der Waals surface area (Å²) in [7, 11) is 1.85. The lowest BCUT2D eigenvalue weighted by Crippen LogP contribution is -2.59. The molecule has 150 valence electrons. The largest absolute Gasteiger partial charge is 0.378 e. The van der Waals surface area contributed by atoms with Gasteiger partial charge in [-0.1, -0.05) is 6.07 Å². The first kappa shape index (κ1) is 17.6. The van der Waals surface area contributed by atoms with Crippen molar-refractivity contribution in [3.63, 3.8) is 0 Å². The lowest BCUT2D eigenvalue weighted by atomic mass is 9.51. The minimum atomic E-state index is -0.126. The van der Waals surface area contributed by atoms with Gasteiger partial charge in [0.15, 0.2) is 0 Å². The first-order chi connectivity index (χ1) is 14.0. The second kappa shape index (κ2) is 6.12. The Kier molecular flexibility index (Phi) is 3.72. The van der Waals surface area contributed by atoms with E-state index in [0.29, 0.717) is 23.5 Å². The molecule has 7 heteroatoms. The van der Waals surface area contributed by atoms with Crippen LogP contribution >= 0.6 is 11.3 Å². The number of carbonyl (C=O) groups is 1. The maximum atomic E-state index is 12.6. The van der Waals surface area contributed by atoms with Crippen LogP contribution in [-0.4, -0.2) is 35.1 Å². The summed E-state index contributed by atoms with van der Waals surface area (Å²) in [5.74, 6) is 1.85. The lowest BCUT2D eigenvalue weighted by molar-refractivity contribution is -0.152. The Morgan fingerprint density at radius 3 is 2.86 bits per heavy atom. The van der Waals surface area contributed by atoms with Gasteiger partial charge in [-0.3, -0.25) is 10.1 Å². The van der Waals surface area contributed by atoms with E-state index in [-0.39, 0.29) is 17.0 Å². The molecule has 0 spiro atoms. The number of rotatable bonds is 3. The number of thiazole rings is 1. The third-order valence-electron chi connectivity index (χ3n) is 7.15. The molecule has 2 heterocycles. The van der Waals surface area contributed by atoms with Gasteiger partial charge in [0.05, 0.1) is 26.9 Å². The number of hydrogen-bond acceptors (Lipinski definition) is 5. The van der Waals surface area contributed by atoms with Crippen LogP contribution in [0.1, 0.15) is 44.1 Å². The van der Waals surface area contributed by atoms with Crippen LogP contribution in [0.25, 0.3) is 16.3 Å². The molecule has 29 heavy (non-hydrogen) atoms. The van der Waals surface area contributed by atoms with Crippen molar-refractivity contribution < 1.29 is 9.53 Å². The van der Waals surface area contributed by atoms with E-state index in [9.17, 15) is 4.79 Å². The van der Waals surface area contributed by atoms with E-state index in [0.717, 1.165) is 47.9 Å². The normalized spacial score (nSPS) is 38.2. The number of nitrogens with one attached hydrogen (secondary N) is 2. The summed E-state index contributed by atoms with van der Waals surface area (Å²) in [6, 6.07) is 6.03. The van der Waals surface area contributed by atoms with Crippen LogP contribution in [0.15, 0.2) is 34.4 Å². The van der Waals surface area contributed by atoms with Gasteiger partial charge in [0.2, 0.25) is 5.96 Å². The molecule has 2 atom stereocenters. The fourth-order valence-electron chi connectivity index (χ4n) is 6.41. The minimum Gasteiger partial charge on any atom is -0.378 e. The number of benzene rings is 1. The van der Waals surface area contributed by atoms with E-state index in [1.165, 1.54) is 6.42 Å². The quantitative estimate of drug-likeness (QED) is 0.763. The SMILES string of the molecule is COC12CC3CC(CC(N=C4NC(=O)/C(=C/c5ccc6ncsc6c5)N4)(C3)C1)C2. The highest BCUT2D eigenvalue weighted by Crippen LogP contribution is 2.60. The van der Waals surface area contributed by atoms with Gasteiger partial charge in [-0.2, -0.15) is 0 Å². The minimum absolute atomic E-state index is 0.0143. The van der Waals surface area contributed by atoms with Gasteiger partial charge >= 0.3 is 0 Å². The Hall–Kier alpha value is -2.25. The number of fused-ring (bicyclic) bond motifs is 1. The van der Waals surface area contributed by atoms with Crippen molar-refractivity contribution in [1.29, 1.82) is 0 Å². The number of nitrogens with zero attached hydrogens (tertiary/aromatic N) is 2. The zero-order valence-corrected chi connectivity index (χ0v) is 17.2. The van der Waals surface area contributed by atoms with Crippen LogP contribution < -0.4 is 10.6 Å². The van der Waals surface area contributed by atoms with E-state index in [4.69, 9.17) is 9.73 Å². The fraction of sp³-hybridized carbons (Fsp3) is 0.500. The molecule has 0 radical (unpaired) electrons. The Morgan fingerprint density at radius 1 is 1.24 bits per heavy atom. The Labute approximate surface area is 173 Å². The maximum absolute atomic E-state index is 12.6. The molecular formula is C22H24N4O2S. The standard InChI is InChI=1S/C22H24N4O2S/c1-28-22-9-14-4-15(10-22)8-21(7-14,11-22)26-20-24-17(19(27)25-20)5-13-2-3-16-18(6-13)29-12-23-16/h2-3,5-6,12,14-15H,4,7-11H2,1H3,(H2,24,25,26,27)/b17-5-. The number of carbonyl (C=O) groups excluding carboxylic acids is 1. The average molecular weight is 409 g/mol. The van der Waals surface area contributed by atoms with E-state index < -0.39 is 0 Å². The van der Waals surface area contributed by atoms with Gasteiger partial charge in [-0.25, -0.2) is 9.98 Å². The van der Waals surface area contributed by atoms with Crippen molar-refractivity contribution in [2.24, 2.45) is 16.8 Å². The van der Waals surface area contributed by atoms with Crippen LogP contribution in [0.4, 0.5) is 0 Å². The number of aromatic nitrogens is 1. The monoisotopic (exact) mass is 408 g/mol. The zero-order chi connectivity index (χ0) is 19.6. The van der Waals surface area contributed by atoms with Crippen molar-refractivity contribution in [3.05, 3.63) is 35.0 Å². The van der Waals surface area contributed by atoms with Crippen molar-refractivity contribution in [2.45, 2.75) is 49.7 Å². The second-order valence-electron chi connectivity index (χ2n) is 9.25. The highest BCUT2D eigenvalue weighted by atomic mass is 32.1. The van der Waals surface area contributed by atoms with Crippen LogP contribution in [0.5, 0.6) is 0 Å². The van der Waals surface area contributed by atoms with Gasteiger partial charge in [0, 0.05) is 13.5 Å². The summed E-state index contributed by atoms with van der Waals surface area (Å²) in [4.78, 5) is 21.9. The molecule has 5 aliphatic rings. The van der Waals surface area contributed by atoms with Crippen LogP contribution in [0, 0.1) is 11.8 Å². The van der Waals surface area contributed by atoms with Gasteiger partial charge in [0.25, 0.3) is 5.91 Å². The Bertz CT molecular complexity index is 1060.